The third-order valence-electron chi connectivity index (χ3n) is 2.70. The van der Waals surface area contributed by atoms with E-state index in [1.165, 1.54) is 22.6 Å². The van der Waals surface area contributed by atoms with Crippen molar-refractivity contribution in [2.45, 2.75) is 11.0 Å². The minimum atomic E-state index is -3.75. The number of hydrazine groups is 1. The summed E-state index contributed by atoms with van der Waals surface area (Å²) in [7, 11) is -3.75. The van der Waals surface area contributed by atoms with Gasteiger partial charge in [-0.3, -0.25) is 0 Å². The summed E-state index contributed by atoms with van der Waals surface area (Å²) in [5.41, 5.74) is 2.25. The zero-order valence-corrected chi connectivity index (χ0v) is 10.8. The van der Waals surface area contributed by atoms with Gasteiger partial charge in [0.1, 0.15) is 4.90 Å². The number of hydrogen-bond donors (Lipinski definition) is 2. The highest BCUT2D eigenvalue weighted by Crippen LogP contribution is 2.23. The minimum absolute atomic E-state index is 0.00224. The summed E-state index contributed by atoms with van der Waals surface area (Å²) >= 11 is 0. The van der Waals surface area contributed by atoms with E-state index in [2.05, 4.69) is 10.4 Å². The van der Waals surface area contributed by atoms with Gasteiger partial charge in [0.05, 0.1) is 19.2 Å². The molecule has 0 spiro atoms. The Balaban J connectivity index is 2.34. The van der Waals surface area contributed by atoms with Gasteiger partial charge in [-0.05, 0) is 12.1 Å². The van der Waals surface area contributed by atoms with E-state index >= 15 is 0 Å². The molecule has 2 heterocycles. The molecule has 1 saturated heterocycles. The first kappa shape index (κ1) is 13.7. The molecule has 3 N–H and O–H groups in total. The average Bonchev–Trinajstić information content (AvgIpc) is 2.47. The monoisotopic (exact) mass is 283 g/mol. The average molecular weight is 283 g/mol. The number of ether oxygens (including phenoxy) is 1. The van der Waals surface area contributed by atoms with E-state index in [-0.39, 0.29) is 30.4 Å². The molecule has 1 unspecified atom stereocenters. The van der Waals surface area contributed by atoms with E-state index in [9.17, 15) is 8.42 Å². The Labute approximate surface area is 110 Å². The first-order chi connectivity index (χ1) is 9.09. The molecule has 0 saturated carbocycles. The zero-order valence-electron chi connectivity index (χ0n) is 9.98. The number of sulfonamides is 1. The molecule has 1 fully saturated rings. The van der Waals surface area contributed by atoms with Crippen molar-refractivity contribution in [2.24, 2.45) is 5.84 Å². The number of hydrogen-bond acceptors (Lipinski definition) is 7. The Bertz CT molecular complexity index is 597. The lowest BCUT2D eigenvalue weighted by molar-refractivity contribution is 0.0311. The minimum Gasteiger partial charge on any atom is -0.361 e. The highest BCUT2D eigenvalue weighted by molar-refractivity contribution is 7.89. The SMILES string of the molecule is N#CC1CN(S(=O)(=O)c2cccnc2NN)CCO1. The van der Waals surface area contributed by atoms with Crippen LogP contribution in [0.1, 0.15) is 0 Å². The number of aromatic nitrogens is 1. The molecular formula is C10H13N5O3S. The second-order valence-corrected chi connectivity index (χ2v) is 5.75. The highest BCUT2D eigenvalue weighted by atomic mass is 32.2. The van der Waals surface area contributed by atoms with E-state index in [1.54, 1.807) is 0 Å². The molecule has 9 heteroatoms. The van der Waals surface area contributed by atoms with Crippen molar-refractivity contribution >= 4 is 15.8 Å². The van der Waals surface area contributed by atoms with Crippen molar-refractivity contribution in [1.29, 1.82) is 5.26 Å². The molecular weight excluding hydrogens is 270 g/mol. The quantitative estimate of drug-likeness (QED) is 0.554. The molecule has 0 amide bonds. The van der Waals surface area contributed by atoms with Crippen molar-refractivity contribution in [2.75, 3.05) is 25.1 Å². The summed E-state index contributed by atoms with van der Waals surface area (Å²) in [5.74, 6) is 5.33. The molecule has 1 aromatic rings. The summed E-state index contributed by atoms with van der Waals surface area (Å²) < 4.78 is 31.2. The van der Waals surface area contributed by atoms with Gasteiger partial charge in [0, 0.05) is 12.7 Å². The van der Waals surface area contributed by atoms with E-state index in [1.807, 2.05) is 6.07 Å². The lowest BCUT2D eigenvalue weighted by Gasteiger charge is -2.29. The van der Waals surface area contributed by atoms with E-state index in [0.717, 1.165) is 0 Å². The smallest absolute Gasteiger partial charge is 0.246 e. The van der Waals surface area contributed by atoms with Crippen molar-refractivity contribution in [3.63, 3.8) is 0 Å². The van der Waals surface area contributed by atoms with Crippen molar-refractivity contribution in [3.8, 4) is 6.07 Å². The van der Waals surface area contributed by atoms with Gasteiger partial charge in [0.25, 0.3) is 0 Å². The third kappa shape index (κ3) is 2.66. The number of nitrogen functional groups attached to an aromatic ring is 1. The first-order valence-corrected chi connectivity index (χ1v) is 6.96. The molecule has 1 aliphatic heterocycles. The molecule has 8 nitrogen and oxygen atoms in total. The molecule has 102 valence electrons. The molecule has 19 heavy (non-hydrogen) atoms. The maximum absolute atomic E-state index is 12.5. The second kappa shape index (κ2) is 5.50. The van der Waals surface area contributed by atoms with E-state index < -0.39 is 16.1 Å². The van der Waals surface area contributed by atoms with Crippen LogP contribution in [-0.4, -0.2) is 43.5 Å². The normalized spacial score (nSPS) is 20.7. The van der Waals surface area contributed by atoms with Crippen LogP contribution in [0.15, 0.2) is 23.2 Å². The van der Waals surface area contributed by atoms with Crippen LogP contribution >= 0.6 is 0 Å². The van der Waals surface area contributed by atoms with Crippen molar-refractivity contribution in [3.05, 3.63) is 18.3 Å². The number of nitrogens with two attached hydrogens (primary N) is 1. The number of nitrogens with zero attached hydrogens (tertiary/aromatic N) is 3. The molecule has 0 aromatic carbocycles. The van der Waals surface area contributed by atoms with E-state index in [4.69, 9.17) is 15.8 Å². The molecule has 1 aliphatic rings. The Kier molecular flexibility index (Phi) is 3.96. The van der Waals surface area contributed by atoms with Gasteiger partial charge in [-0.1, -0.05) is 0 Å². The topological polar surface area (TPSA) is 121 Å². The fourth-order valence-corrected chi connectivity index (χ4v) is 3.30. The Hall–Kier alpha value is -1.73. The van der Waals surface area contributed by atoms with E-state index in [0.29, 0.717) is 0 Å². The summed E-state index contributed by atoms with van der Waals surface area (Å²) in [5, 5.41) is 8.80. The predicted molar refractivity (Wildman–Crippen MR) is 66.2 cm³/mol. The lowest BCUT2D eigenvalue weighted by atomic mass is 10.3. The van der Waals surface area contributed by atoms with Crippen LogP contribution in [0.2, 0.25) is 0 Å². The van der Waals surface area contributed by atoms with Crippen LogP contribution in [0.5, 0.6) is 0 Å². The number of morpholine rings is 1. The van der Waals surface area contributed by atoms with Gasteiger partial charge in [-0.25, -0.2) is 19.2 Å². The van der Waals surface area contributed by atoms with Crippen molar-refractivity contribution in [1.82, 2.24) is 9.29 Å². The Morgan fingerprint density at radius 3 is 3.11 bits per heavy atom. The summed E-state index contributed by atoms with van der Waals surface area (Å²) in [6, 6.07) is 4.82. The zero-order chi connectivity index (χ0) is 13.9. The van der Waals surface area contributed by atoms with Gasteiger partial charge in [0.15, 0.2) is 11.9 Å². The third-order valence-corrected chi connectivity index (χ3v) is 4.60. The second-order valence-electron chi connectivity index (χ2n) is 3.85. The maximum Gasteiger partial charge on any atom is 0.246 e. The lowest BCUT2D eigenvalue weighted by Crippen LogP contribution is -2.45. The van der Waals surface area contributed by atoms with Crippen LogP contribution in [-0.2, 0) is 14.8 Å². The van der Waals surface area contributed by atoms with Crippen LogP contribution in [0, 0.1) is 11.3 Å². The number of pyridine rings is 1. The fraction of sp³-hybridized carbons (Fsp3) is 0.400. The first-order valence-electron chi connectivity index (χ1n) is 5.52. The highest BCUT2D eigenvalue weighted by Gasteiger charge is 2.32. The molecule has 0 radical (unpaired) electrons. The van der Waals surface area contributed by atoms with Gasteiger partial charge < -0.3 is 10.2 Å². The van der Waals surface area contributed by atoms with Gasteiger partial charge in [-0.15, -0.1) is 0 Å². The number of rotatable bonds is 3. The molecule has 1 atom stereocenters. The molecule has 2 rings (SSSR count). The van der Waals surface area contributed by atoms with Crippen LogP contribution in [0.3, 0.4) is 0 Å². The summed E-state index contributed by atoms with van der Waals surface area (Å²) in [6.07, 6.45) is 0.681. The fourth-order valence-electron chi connectivity index (χ4n) is 1.77. The Morgan fingerprint density at radius 2 is 2.42 bits per heavy atom. The molecule has 0 bridgehead atoms. The predicted octanol–water partition coefficient (Wildman–Crippen LogP) is -0.720. The largest absolute Gasteiger partial charge is 0.361 e. The Morgan fingerprint density at radius 1 is 1.63 bits per heavy atom. The molecule has 0 aliphatic carbocycles. The van der Waals surface area contributed by atoms with Crippen LogP contribution in [0.4, 0.5) is 5.82 Å². The number of nitrogens with one attached hydrogen (secondary N) is 1. The standard InChI is InChI=1S/C10H13N5O3S/c11-6-8-7-15(4-5-18-8)19(16,17)9-2-1-3-13-10(9)14-12/h1-3,8H,4-5,7,12H2,(H,13,14). The summed E-state index contributed by atoms with van der Waals surface area (Å²) in [4.78, 5) is 3.84. The van der Waals surface area contributed by atoms with Crippen molar-refractivity contribution < 1.29 is 13.2 Å². The number of anilines is 1. The van der Waals surface area contributed by atoms with Crippen LogP contribution in [0.25, 0.3) is 0 Å². The maximum atomic E-state index is 12.5. The van der Waals surface area contributed by atoms with Gasteiger partial charge in [0.2, 0.25) is 10.0 Å². The number of nitriles is 1. The summed E-state index contributed by atoms with van der Waals surface area (Å²) in [6.45, 7) is 0.375. The molecule has 1 aromatic heterocycles. The van der Waals surface area contributed by atoms with Crippen LogP contribution < -0.4 is 11.3 Å². The van der Waals surface area contributed by atoms with Gasteiger partial charge in [-0.2, -0.15) is 9.57 Å². The van der Waals surface area contributed by atoms with Gasteiger partial charge >= 0.3 is 0 Å².